The van der Waals surface area contributed by atoms with Gasteiger partial charge in [0.2, 0.25) is 0 Å². The van der Waals surface area contributed by atoms with E-state index in [0.29, 0.717) is 5.92 Å². The Morgan fingerprint density at radius 3 is 2.24 bits per heavy atom. The van der Waals surface area contributed by atoms with Gasteiger partial charge in [0.1, 0.15) is 0 Å². The zero-order valence-electron chi connectivity index (χ0n) is 10.3. The SMILES string of the molecule is CCC1CCC(C#N)C(N(CC#N)CC#N)C1. The molecule has 4 heteroatoms. The third kappa shape index (κ3) is 3.45. The second-order valence-electron chi connectivity index (χ2n) is 4.61. The molecule has 0 spiro atoms. The molecule has 0 aromatic rings. The van der Waals surface area contributed by atoms with E-state index in [1.807, 2.05) is 4.90 Å². The van der Waals surface area contributed by atoms with Gasteiger partial charge in [-0.05, 0) is 25.2 Å². The van der Waals surface area contributed by atoms with Crippen LogP contribution in [0.25, 0.3) is 0 Å². The van der Waals surface area contributed by atoms with E-state index in [1.165, 1.54) is 0 Å². The van der Waals surface area contributed by atoms with Gasteiger partial charge in [-0.1, -0.05) is 13.3 Å². The predicted molar refractivity (Wildman–Crippen MR) is 63.3 cm³/mol. The van der Waals surface area contributed by atoms with E-state index in [4.69, 9.17) is 15.8 Å². The van der Waals surface area contributed by atoms with Crippen molar-refractivity contribution in [2.24, 2.45) is 11.8 Å². The molecule has 1 fully saturated rings. The minimum absolute atomic E-state index is 0.0282. The molecule has 0 bridgehead atoms. The Morgan fingerprint density at radius 1 is 1.12 bits per heavy atom. The molecular weight excluding hydrogens is 212 g/mol. The molecule has 0 amide bonds. The molecule has 0 N–H and O–H groups in total. The monoisotopic (exact) mass is 230 g/mol. The lowest BCUT2D eigenvalue weighted by Gasteiger charge is -2.38. The number of nitriles is 3. The summed E-state index contributed by atoms with van der Waals surface area (Å²) in [5, 5.41) is 26.7. The number of hydrogen-bond acceptors (Lipinski definition) is 4. The highest BCUT2D eigenvalue weighted by Gasteiger charge is 2.33. The van der Waals surface area contributed by atoms with Gasteiger partial charge in [0.25, 0.3) is 0 Å². The Kier molecular flexibility index (Phi) is 5.47. The molecule has 0 aromatic carbocycles. The van der Waals surface area contributed by atoms with Crippen LogP contribution in [0.15, 0.2) is 0 Å². The Morgan fingerprint density at radius 2 is 1.76 bits per heavy atom. The van der Waals surface area contributed by atoms with Gasteiger partial charge in [0.15, 0.2) is 0 Å². The average Bonchev–Trinajstić information content (AvgIpc) is 2.37. The molecule has 0 radical (unpaired) electrons. The number of hydrogen-bond donors (Lipinski definition) is 0. The van der Waals surface area contributed by atoms with Crippen molar-refractivity contribution >= 4 is 0 Å². The standard InChI is InChI=1S/C13H18N4/c1-2-11-3-4-12(10-16)13(9-11)17(7-5-14)8-6-15/h11-13H,2-4,7-9H2,1H3. The molecule has 0 saturated heterocycles. The first-order valence-corrected chi connectivity index (χ1v) is 6.14. The molecule has 90 valence electrons. The van der Waals surface area contributed by atoms with E-state index in [1.54, 1.807) is 0 Å². The lowest BCUT2D eigenvalue weighted by molar-refractivity contribution is 0.124. The van der Waals surface area contributed by atoms with Crippen LogP contribution in [0.2, 0.25) is 0 Å². The maximum absolute atomic E-state index is 9.16. The molecule has 1 rings (SSSR count). The Bertz CT molecular complexity index is 341. The van der Waals surface area contributed by atoms with Crippen molar-refractivity contribution in [3.8, 4) is 18.2 Å². The van der Waals surface area contributed by atoms with E-state index >= 15 is 0 Å². The maximum atomic E-state index is 9.16. The highest BCUT2D eigenvalue weighted by molar-refractivity contribution is 5.00. The van der Waals surface area contributed by atoms with Crippen LogP contribution in [0.4, 0.5) is 0 Å². The first-order valence-electron chi connectivity index (χ1n) is 6.14. The van der Waals surface area contributed by atoms with Crippen molar-refractivity contribution < 1.29 is 0 Å². The van der Waals surface area contributed by atoms with Gasteiger partial charge in [-0.2, -0.15) is 15.8 Å². The summed E-state index contributed by atoms with van der Waals surface area (Å²) in [4.78, 5) is 1.86. The van der Waals surface area contributed by atoms with E-state index in [0.717, 1.165) is 25.7 Å². The summed E-state index contributed by atoms with van der Waals surface area (Å²) in [6.07, 6.45) is 4.05. The normalized spacial score (nSPS) is 28.1. The highest BCUT2D eigenvalue weighted by atomic mass is 15.2. The van der Waals surface area contributed by atoms with Crippen molar-refractivity contribution in [2.45, 2.75) is 38.6 Å². The van der Waals surface area contributed by atoms with Crippen molar-refractivity contribution in [3.05, 3.63) is 0 Å². The van der Waals surface area contributed by atoms with Gasteiger partial charge in [0.05, 0.1) is 37.2 Å². The van der Waals surface area contributed by atoms with Gasteiger partial charge in [-0.25, -0.2) is 0 Å². The molecule has 1 saturated carbocycles. The summed E-state index contributed by atoms with van der Waals surface area (Å²) in [6.45, 7) is 2.65. The second kappa shape index (κ2) is 6.89. The summed E-state index contributed by atoms with van der Waals surface area (Å²) in [7, 11) is 0. The first kappa shape index (κ1) is 13.5. The summed E-state index contributed by atoms with van der Waals surface area (Å²) in [6, 6.07) is 6.60. The third-order valence-electron chi connectivity index (χ3n) is 3.68. The van der Waals surface area contributed by atoms with Crippen molar-refractivity contribution in [2.75, 3.05) is 13.1 Å². The summed E-state index contributed by atoms with van der Waals surface area (Å²) in [5.74, 6) is 0.601. The van der Waals surface area contributed by atoms with Gasteiger partial charge in [-0.15, -0.1) is 0 Å². The fourth-order valence-corrected chi connectivity index (χ4v) is 2.63. The zero-order valence-corrected chi connectivity index (χ0v) is 10.3. The summed E-state index contributed by atoms with van der Waals surface area (Å²) >= 11 is 0. The zero-order chi connectivity index (χ0) is 12.7. The Labute approximate surface area is 103 Å². The highest BCUT2D eigenvalue weighted by Crippen LogP contribution is 2.33. The smallest absolute Gasteiger partial charge is 0.0877 e. The predicted octanol–water partition coefficient (Wildman–Crippen LogP) is 2.05. The van der Waals surface area contributed by atoms with Crippen LogP contribution in [-0.2, 0) is 0 Å². The summed E-state index contributed by atoms with van der Waals surface area (Å²) in [5.41, 5.74) is 0. The fourth-order valence-electron chi connectivity index (χ4n) is 2.63. The average molecular weight is 230 g/mol. The minimum Gasteiger partial charge on any atom is -0.273 e. The third-order valence-corrected chi connectivity index (χ3v) is 3.68. The second-order valence-corrected chi connectivity index (χ2v) is 4.61. The van der Waals surface area contributed by atoms with Crippen LogP contribution in [-0.4, -0.2) is 24.0 Å². The van der Waals surface area contributed by atoms with Gasteiger partial charge >= 0.3 is 0 Å². The molecular formula is C13H18N4. The number of nitrogens with zero attached hydrogens (tertiary/aromatic N) is 4. The Hall–Kier alpha value is -1.57. The quantitative estimate of drug-likeness (QED) is 0.693. The van der Waals surface area contributed by atoms with Crippen molar-refractivity contribution in [3.63, 3.8) is 0 Å². The molecule has 1 aliphatic rings. The van der Waals surface area contributed by atoms with Crippen LogP contribution in [0, 0.1) is 45.8 Å². The topological polar surface area (TPSA) is 74.6 Å². The van der Waals surface area contributed by atoms with Crippen LogP contribution in [0.1, 0.15) is 32.6 Å². The van der Waals surface area contributed by atoms with Crippen molar-refractivity contribution in [1.29, 1.82) is 15.8 Å². The fraction of sp³-hybridized carbons (Fsp3) is 0.769. The van der Waals surface area contributed by atoms with Crippen molar-refractivity contribution in [1.82, 2.24) is 4.90 Å². The lowest BCUT2D eigenvalue weighted by atomic mass is 9.77. The molecule has 0 aliphatic heterocycles. The van der Waals surface area contributed by atoms with Gasteiger partial charge < -0.3 is 0 Å². The largest absolute Gasteiger partial charge is 0.273 e. The van der Waals surface area contributed by atoms with Gasteiger partial charge in [-0.3, -0.25) is 4.90 Å². The molecule has 3 unspecified atom stereocenters. The summed E-state index contributed by atoms with van der Waals surface area (Å²) < 4.78 is 0. The molecule has 1 aliphatic carbocycles. The molecule has 4 nitrogen and oxygen atoms in total. The molecule has 0 heterocycles. The minimum atomic E-state index is -0.0282. The van der Waals surface area contributed by atoms with E-state index in [2.05, 4.69) is 25.1 Å². The molecule has 3 atom stereocenters. The number of rotatable bonds is 4. The van der Waals surface area contributed by atoms with Crippen LogP contribution in [0.5, 0.6) is 0 Å². The first-order chi connectivity index (χ1) is 8.26. The Balaban J connectivity index is 2.77. The maximum Gasteiger partial charge on any atom is 0.0877 e. The van der Waals surface area contributed by atoms with E-state index in [-0.39, 0.29) is 25.0 Å². The van der Waals surface area contributed by atoms with Crippen LogP contribution in [0.3, 0.4) is 0 Å². The van der Waals surface area contributed by atoms with E-state index < -0.39 is 0 Å². The lowest BCUT2D eigenvalue weighted by Crippen LogP contribution is -2.44. The molecule has 17 heavy (non-hydrogen) atoms. The molecule has 0 aromatic heterocycles. The van der Waals surface area contributed by atoms with Crippen LogP contribution >= 0.6 is 0 Å². The van der Waals surface area contributed by atoms with Crippen LogP contribution < -0.4 is 0 Å². The van der Waals surface area contributed by atoms with Gasteiger partial charge in [0, 0.05) is 6.04 Å². The van der Waals surface area contributed by atoms with E-state index in [9.17, 15) is 0 Å².